The van der Waals surface area contributed by atoms with Gasteiger partial charge in [-0.25, -0.2) is 22.9 Å². The summed E-state index contributed by atoms with van der Waals surface area (Å²) >= 11 is 7.03. The van der Waals surface area contributed by atoms with Crippen molar-refractivity contribution in [3.8, 4) is 10.4 Å². The summed E-state index contributed by atoms with van der Waals surface area (Å²) in [6.45, 7) is -0.575. The molecule has 0 fully saturated rings. The van der Waals surface area contributed by atoms with Crippen molar-refractivity contribution in [1.82, 2.24) is 9.71 Å². The van der Waals surface area contributed by atoms with Gasteiger partial charge in [-0.05, 0) is 29.8 Å². The fourth-order valence-electron chi connectivity index (χ4n) is 2.33. The van der Waals surface area contributed by atoms with Crippen LogP contribution in [0.1, 0.15) is 5.01 Å². The Bertz CT molecular complexity index is 1180. The molecule has 2 aromatic carbocycles. The molecule has 3 aromatic rings. The maximum absolute atomic E-state index is 12.4. The molecule has 31 heavy (non-hydrogen) atoms. The van der Waals surface area contributed by atoms with Crippen molar-refractivity contribution in [2.45, 2.75) is 12.1 Å². The summed E-state index contributed by atoms with van der Waals surface area (Å²) < 4.78 is 60.7. The Kier molecular flexibility index (Phi) is 6.84. The third-order valence-corrected chi connectivity index (χ3v) is 6.33. The van der Waals surface area contributed by atoms with Crippen LogP contribution in [0.3, 0.4) is 0 Å². The minimum Gasteiger partial charge on any atom is -0.308 e. The SMILES string of the molecule is O=C(Nc1ccc(-c2cnc(CNS(=O)(=O)C(F)(F)F)s2)cc1)Nc1ccccc1Cl. The molecule has 0 aliphatic carbocycles. The molecule has 1 heterocycles. The van der Waals surface area contributed by atoms with Gasteiger partial charge < -0.3 is 10.6 Å². The average Bonchev–Trinajstić information content (AvgIpc) is 3.17. The first-order valence-corrected chi connectivity index (χ1v) is 11.2. The van der Waals surface area contributed by atoms with Gasteiger partial charge in [0.15, 0.2) is 0 Å². The van der Waals surface area contributed by atoms with E-state index in [1.54, 1.807) is 48.5 Å². The predicted octanol–water partition coefficient (Wildman–Crippen LogP) is 5.05. The average molecular weight is 491 g/mol. The summed E-state index contributed by atoms with van der Waals surface area (Å²) in [7, 11) is -5.43. The molecule has 0 bridgehead atoms. The number of para-hydroxylation sites is 1. The number of hydrogen-bond acceptors (Lipinski definition) is 5. The van der Waals surface area contributed by atoms with Crippen molar-refractivity contribution in [3.63, 3.8) is 0 Å². The number of anilines is 2. The van der Waals surface area contributed by atoms with Crippen LogP contribution in [-0.2, 0) is 16.6 Å². The van der Waals surface area contributed by atoms with Gasteiger partial charge in [0.05, 0.1) is 22.1 Å². The molecule has 0 aliphatic rings. The lowest BCUT2D eigenvalue weighted by Gasteiger charge is -2.09. The van der Waals surface area contributed by atoms with Crippen LogP contribution in [-0.4, -0.2) is 24.9 Å². The minimum atomic E-state index is -5.43. The number of alkyl halides is 3. The van der Waals surface area contributed by atoms with Crippen molar-refractivity contribution in [2.75, 3.05) is 10.6 Å². The smallest absolute Gasteiger partial charge is 0.308 e. The predicted molar refractivity (Wildman–Crippen MR) is 113 cm³/mol. The van der Waals surface area contributed by atoms with Crippen molar-refractivity contribution < 1.29 is 26.4 Å². The van der Waals surface area contributed by atoms with E-state index < -0.39 is 28.1 Å². The minimum absolute atomic E-state index is 0.171. The second-order valence-corrected chi connectivity index (χ2v) is 9.31. The fraction of sp³-hybridized carbons (Fsp3) is 0.111. The summed E-state index contributed by atoms with van der Waals surface area (Å²) in [6, 6.07) is 12.9. The number of carbonyl (C=O) groups excluding carboxylic acids is 1. The van der Waals surface area contributed by atoms with E-state index in [0.717, 1.165) is 11.3 Å². The first kappa shape index (κ1) is 23.0. The number of aromatic nitrogens is 1. The van der Waals surface area contributed by atoms with Crippen LogP contribution in [0.25, 0.3) is 10.4 Å². The number of amides is 2. The third kappa shape index (κ3) is 5.94. The Labute approximate surface area is 184 Å². The Morgan fingerprint density at radius 2 is 1.74 bits per heavy atom. The normalized spacial score (nSPS) is 11.9. The zero-order valence-corrected chi connectivity index (χ0v) is 17.8. The molecular weight excluding hydrogens is 477 g/mol. The van der Waals surface area contributed by atoms with Crippen LogP contribution in [0.2, 0.25) is 5.02 Å². The summed E-state index contributed by atoms with van der Waals surface area (Å²) in [5.41, 5.74) is -3.74. The highest BCUT2D eigenvalue weighted by Crippen LogP contribution is 2.28. The van der Waals surface area contributed by atoms with Crippen LogP contribution in [0.15, 0.2) is 54.7 Å². The number of thiazole rings is 1. The second-order valence-electron chi connectivity index (χ2n) is 6.02. The Morgan fingerprint density at radius 1 is 1.06 bits per heavy atom. The molecular formula is C18H14ClF3N4O3S2. The molecule has 3 rings (SSSR count). The molecule has 0 aliphatic heterocycles. The molecule has 0 saturated carbocycles. The lowest BCUT2D eigenvalue weighted by molar-refractivity contribution is -0.0448. The third-order valence-electron chi connectivity index (χ3n) is 3.82. The van der Waals surface area contributed by atoms with Gasteiger partial charge in [0.2, 0.25) is 0 Å². The maximum Gasteiger partial charge on any atom is 0.511 e. The highest BCUT2D eigenvalue weighted by atomic mass is 35.5. The molecule has 7 nitrogen and oxygen atoms in total. The van der Waals surface area contributed by atoms with Gasteiger partial charge >= 0.3 is 21.6 Å². The first-order chi connectivity index (χ1) is 14.5. The Morgan fingerprint density at radius 3 is 2.39 bits per heavy atom. The van der Waals surface area contributed by atoms with Crippen molar-refractivity contribution in [1.29, 1.82) is 0 Å². The highest BCUT2D eigenvalue weighted by Gasteiger charge is 2.45. The first-order valence-electron chi connectivity index (χ1n) is 8.49. The zero-order chi connectivity index (χ0) is 22.6. The lowest BCUT2D eigenvalue weighted by Crippen LogP contribution is -2.35. The van der Waals surface area contributed by atoms with Crippen molar-refractivity contribution in [2.24, 2.45) is 0 Å². The molecule has 164 valence electrons. The Balaban J connectivity index is 1.60. The number of rotatable bonds is 6. The molecule has 13 heteroatoms. The van der Waals surface area contributed by atoms with E-state index in [4.69, 9.17) is 11.6 Å². The lowest BCUT2D eigenvalue weighted by atomic mass is 10.2. The zero-order valence-electron chi connectivity index (χ0n) is 15.4. The van der Waals surface area contributed by atoms with E-state index in [2.05, 4.69) is 15.6 Å². The van der Waals surface area contributed by atoms with Gasteiger partial charge in [0, 0.05) is 11.9 Å². The van der Waals surface area contributed by atoms with E-state index in [0.29, 0.717) is 26.8 Å². The molecule has 0 radical (unpaired) electrons. The Hall–Kier alpha value is -2.67. The van der Waals surface area contributed by atoms with E-state index in [-0.39, 0.29) is 5.01 Å². The summed E-state index contributed by atoms with van der Waals surface area (Å²) in [5.74, 6) is 0. The van der Waals surface area contributed by atoms with Crippen LogP contribution in [0, 0.1) is 0 Å². The molecule has 0 unspecified atom stereocenters. The van der Waals surface area contributed by atoms with Crippen LogP contribution >= 0.6 is 22.9 Å². The van der Waals surface area contributed by atoms with E-state index >= 15 is 0 Å². The van der Waals surface area contributed by atoms with Crippen LogP contribution < -0.4 is 15.4 Å². The topological polar surface area (TPSA) is 100 Å². The summed E-state index contributed by atoms with van der Waals surface area (Å²) in [5, 5.41) is 5.83. The number of urea groups is 1. The van der Waals surface area contributed by atoms with Crippen molar-refractivity contribution >= 4 is 50.4 Å². The number of benzene rings is 2. The molecule has 0 saturated heterocycles. The summed E-state index contributed by atoms with van der Waals surface area (Å²) in [4.78, 5) is 16.6. The van der Waals surface area contributed by atoms with Gasteiger partial charge in [0.25, 0.3) is 0 Å². The van der Waals surface area contributed by atoms with E-state index in [1.165, 1.54) is 10.9 Å². The number of hydrogen-bond donors (Lipinski definition) is 3. The number of nitrogens with zero attached hydrogens (tertiary/aromatic N) is 1. The number of halogens is 4. The molecule has 1 aromatic heterocycles. The van der Waals surface area contributed by atoms with Gasteiger partial charge in [-0.2, -0.15) is 13.2 Å². The number of nitrogens with one attached hydrogen (secondary N) is 3. The number of carbonyl (C=O) groups is 1. The van der Waals surface area contributed by atoms with Crippen molar-refractivity contribution in [3.05, 3.63) is 64.8 Å². The molecule has 3 N–H and O–H groups in total. The van der Waals surface area contributed by atoms with Gasteiger partial charge in [-0.3, -0.25) is 0 Å². The standard InChI is InChI=1S/C18H14ClF3N4O3S2/c19-13-3-1-2-4-14(13)26-17(27)25-12-7-5-11(6-8-12)15-9-23-16(30-15)10-24-31(28,29)18(20,21)22/h1-9,24H,10H2,(H2,25,26,27). The van der Waals surface area contributed by atoms with Crippen LogP contribution in [0.4, 0.5) is 29.3 Å². The van der Waals surface area contributed by atoms with Gasteiger partial charge in [0.1, 0.15) is 5.01 Å². The maximum atomic E-state index is 12.4. The monoisotopic (exact) mass is 490 g/mol. The quantitative estimate of drug-likeness (QED) is 0.450. The largest absolute Gasteiger partial charge is 0.511 e. The molecule has 0 spiro atoms. The molecule has 2 amide bonds. The molecule has 0 atom stereocenters. The number of sulfonamides is 1. The highest BCUT2D eigenvalue weighted by molar-refractivity contribution is 7.90. The van der Waals surface area contributed by atoms with E-state index in [1.807, 2.05) is 0 Å². The van der Waals surface area contributed by atoms with E-state index in [9.17, 15) is 26.4 Å². The fourth-order valence-corrected chi connectivity index (χ4v) is 3.96. The van der Waals surface area contributed by atoms with Gasteiger partial charge in [-0.1, -0.05) is 35.9 Å². The second kappa shape index (κ2) is 9.22. The van der Waals surface area contributed by atoms with Gasteiger partial charge in [-0.15, -0.1) is 11.3 Å². The van der Waals surface area contributed by atoms with Crippen LogP contribution in [0.5, 0.6) is 0 Å². The summed E-state index contributed by atoms with van der Waals surface area (Å²) in [6.07, 6.45) is 1.43.